The molecule has 2 aromatic rings. The Balaban J connectivity index is 0.00000118. The zero-order valence-corrected chi connectivity index (χ0v) is 25.7. The number of nitrogens with zero attached hydrogens (tertiary/aromatic N) is 1. The van der Waals surface area contributed by atoms with Gasteiger partial charge in [-0.15, -0.1) is 0 Å². The number of nitrogens with two attached hydrogens (primary N) is 1. The van der Waals surface area contributed by atoms with Crippen molar-refractivity contribution in [3.05, 3.63) is 73.0 Å². The van der Waals surface area contributed by atoms with Crippen LogP contribution in [-0.4, -0.2) is 53.8 Å². The highest BCUT2D eigenvalue weighted by molar-refractivity contribution is 6.05. The van der Waals surface area contributed by atoms with Crippen LogP contribution in [0.15, 0.2) is 61.7 Å². The van der Waals surface area contributed by atoms with Crippen molar-refractivity contribution < 1.29 is 24.3 Å². The summed E-state index contributed by atoms with van der Waals surface area (Å²) in [5.74, 6) is -0.776. The summed E-state index contributed by atoms with van der Waals surface area (Å²) in [6.45, 7) is 16.3. The molecule has 1 amide bonds. The van der Waals surface area contributed by atoms with Crippen molar-refractivity contribution in [2.45, 2.75) is 65.8 Å². The molecule has 0 spiro atoms. The predicted octanol–water partition coefficient (Wildman–Crippen LogP) is 6.04. The summed E-state index contributed by atoms with van der Waals surface area (Å²) in [7, 11) is 1.85. The second kappa shape index (κ2) is 21.5. The number of hydrogen-bond donors (Lipinski definition) is 4. The summed E-state index contributed by atoms with van der Waals surface area (Å²) < 4.78 is 2.11. The predicted molar refractivity (Wildman–Crippen MR) is 173 cm³/mol. The van der Waals surface area contributed by atoms with Crippen LogP contribution in [0.2, 0.25) is 0 Å². The fourth-order valence-corrected chi connectivity index (χ4v) is 4.00. The second-order valence-corrected chi connectivity index (χ2v) is 9.70. The minimum absolute atomic E-state index is 0.0700. The minimum atomic E-state index is -0.841. The first kappa shape index (κ1) is 37.8. The van der Waals surface area contributed by atoms with Crippen LogP contribution in [0.1, 0.15) is 81.9 Å². The lowest BCUT2D eigenvalue weighted by Gasteiger charge is -2.18. The highest BCUT2D eigenvalue weighted by Crippen LogP contribution is 2.42. The van der Waals surface area contributed by atoms with Crippen molar-refractivity contribution in [1.82, 2.24) is 9.88 Å². The molecule has 0 aliphatic heterocycles. The molecule has 2 rings (SSSR count). The van der Waals surface area contributed by atoms with Crippen molar-refractivity contribution in [3.8, 4) is 11.3 Å². The van der Waals surface area contributed by atoms with Crippen LogP contribution in [0.25, 0.3) is 16.8 Å². The fourth-order valence-electron chi connectivity index (χ4n) is 4.00. The third-order valence-electron chi connectivity index (χ3n) is 5.67. The van der Waals surface area contributed by atoms with Crippen LogP contribution in [-0.2, 0) is 14.4 Å². The highest BCUT2D eigenvalue weighted by Gasteiger charge is 2.29. The number of aromatic nitrogens is 1. The van der Waals surface area contributed by atoms with Crippen LogP contribution >= 0.6 is 0 Å². The first-order chi connectivity index (χ1) is 20.0. The third kappa shape index (κ3) is 13.0. The van der Waals surface area contributed by atoms with Gasteiger partial charge in [-0.25, -0.2) is 0 Å². The Hall–Kier alpha value is -4.24. The standard InChI is InChI=1S/C25H34N4O.C5H8O3.C3H6O/c1-6-13-19(7-2)21-22(27-5)24(25(30)28-17-12-11-16-26)29(18(3)4)23(21)20-14-9-8-10-15-20;6-4-2-1-3-5(7)8;1-3(2)4/h6-10,13-15,18,27H,1-2,11-12,16-17,26H2,3-5H3,(H,28,30);4H,1-3H2,(H,7,8);1-2H3/b19-13+;;. The van der Waals surface area contributed by atoms with Gasteiger partial charge in [0.2, 0.25) is 0 Å². The molecule has 5 N–H and O–H groups in total. The topological polar surface area (TPSA) is 144 Å². The van der Waals surface area contributed by atoms with Gasteiger partial charge in [0.1, 0.15) is 17.8 Å². The number of nitrogens with one attached hydrogen (secondary N) is 2. The van der Waals surface area contributed by atoms with Crippen molar-refractivity contribution in [1.29, 1.82) is 0 Å². The van der Waals surface area contributed by atoms with E-state index >= 15 is 0 Å². The number of carboxylic acid groups (broad SMARTS) is 1. The maximum atomic E-state index is 13.3. The number of hydrogen-bond acceptors (Lipinski definition) is 6. The summed E-state index contributed by atoms with van der Waals surface area (Å²) in [5.41, 5.74) is 10.9. The van der Waals surface area contributed by atoms with Gasteiger partial charge in [-0.05, 0) is 64.6 Å². The van der Waals surface area contributed by atoms with Gasteiger partial charge in [0.15, 0.2) is 0 Å². The second-order valence-electron chi connectivity index (χ2n) is 9.70. The third-order valence-corrected chi connectivity index (χ3v) is 5.67. The summed E-state index contributed by atoms with van der Waals surface area (Å²) in [4.78, 5) is 42.1. The number of allylic oxidation sites excluding steroid dienone is 4. The summed E-state index contributed by atoms with van der Waals surface area (Å²) in [5, 5.41) is 14.4. The van der Waals surface area contributed by atoms with E-state index in [1.54, 1.807) is 12.2 Å². The molecule has 1 heterocycles. The lowest BCUT2D eigenvalue weighted by Crippen LogP contribution is -2.28. The van der Waals surface area contributed by atoms with Crippen LogP contribution in [0.4, 0.5) is 5.69 Å². The SMILES string of the molecule is C=C/C=C(\C=C)c1c(NC)c(C(=O)NCCCCN)n(C(C)C)c1-c1ccccc1.CC(C)=O.O=CCCCC(=O)O. The number of carbonyl (C=O) groups excluding carboxylic acids is 3. The van der Waals surface area contributed by atoms with Gasteiger partial charge in [-0.3, -0.25) is 9.59 Å². The number of amides is 1. The van der Waals surface area contributed by atoms with Gasteiger partial charge in [-0.2, -0.15) is 0 Å². The quantitative estimate of drug-likeness (QED) is 0.114. The molecule has 0 aliphatic rings. The molecule has 0 saturated heterocycles. The van der Waals surface area contributed by atoms with Crippen LogP contribution in [0.5, 0.6) is 0 Å². The molecular weight excluding hydrogens is 532 g/mol. The smallest absolute Gasteiger partial charge is 0.303 e. The largest absolute Gasteiger partial charge is 0.481 e. The van der Waals surface area contributed by atoms with E-state index in [0.29, 0.717) is 31.6 Å². The van der Waals surface area contributed by atoms with Crippen molar-refractivity contribution >= 4 is 35.2 Å². The first-order valence-corrected chi connectivity index (χ1v) is 14.1. The molecule has 0 unspecified atom stereocenters. The minimum Gasteiger partial charge on any atom is -0.481 e. The van der Waals surface area contributed by atoms with E-state index in [1.165, 1.54) is 13.8 Å². The summed E-state index contributed by atoms with van der Waals surface area (Å²) >= 11 is 0. The average Bonchev–Trinajstić information content (AvgIpc) is 3.30. The molecule has 0 bridgehead atoms. The number of aliphatic carboxylic acids is 1. The maximum absolute atomic E-state index is 13.3. The normalized spacial score (nSPS) is 10.4. The van der Waals surface area contributed by atoms with E-state index < -0.39 is 5.97 Å². The molecule has 0 atom stereocenters. The Morgan fingerprint density at radius 3 is 2.14 bits per heavy atom. The van der Waals surface area contributed by atoms with Crippen molar-refractivity contribution in [2.75, 3.05) is 25.5 Å². The highest BCUT2D eigenvalue weighted by atomic mass is 16.4. The van der Waals surface area contributed by atoms with E-state index in [1.807, 2.05) is 31.3 Å². The molecule has 9 heteroatoms. The molecule has 0 saturated carbocycles. The van der Waals surface area contributed by atoms with Gasteiger partial charge in [0, 0.05) is 38.0 Å². The Labute approximate surface area is 250 Å². The zero-order chi connectivity index (χ0) is 32.1. The number of carbonyl (C=O) groups is 4. The number of rotatable bonds is 15. The van der Waals surface area contributed by atoms with Gasteiger partial charge in [-0.1, -0.05) is 61.7 Å². The van der Waals surface area contributed by atoms with Crippen LogP contribution in [0.3, 0.4) is 0 Å². The van der Waals surface area contributed by atoms with Gasteiger partial charge >= 0.3 is 5.97 Å². The lowest BCUT2D eigenvalue weighted by molar-refractivity contribution is -0.137. The van der Waals surface area contributed by atoms with E-state index in [2.05, 4.69) is 54.3 Å². The molecule has 0 aliphatic carbocycles. The fraction of sp³-hybridized carbons (Fsp3) is 0.394. The Morgan fingerprint density at radius 2 is 1.69 bits per heavy atom. The van der Waals surface area contributed by atoms with Crippen molar-refractivity contribution in [3.63, 3.8) is 0 Å². The van der Waals surface area contributed by atoms with Gasteiger partial charge in [0.05, 0.1) is 11.4 Å². The van der Waals surface area contributed by atoms with Crippen molar-refractivity contribution in [2.24, 2.45) is 5.73 Å². The van der Waals surface area contributed by atoms with E-state index in [-0.39, 0.29) is 24.2 Å². The molecule has 0 radical (unpaired) electrons. The molecule has 1 aromatic carbocycles. The molecule has 1 aromatic heterocycles. The van der Waals surface area contributed by atoms with Crippen LogP contribution < -0.4 is 16.4 Å². The van der Waals surface area contributed by atoms with Crippen LogP contribution in [0, 0.1) is 0 Å². The van der Waals surface area contributed by atoms with E-state index in [4.69, 9.17) is 10.8 Å². The van der Waals surface area contributed by atoms with Gasteiger partial charge < -0.3 is 35.6 Å². The number of Topliss-reactive ketones (excluding diaryl/α,β-unsaturated/α-hetero) is 1. The first-order valence-electron chi connectivity index (χ1n) is 14.1. The Kier molecular flexibility index (Phi) is 19.3. The number of benzene rings is 1. The molecule has 42 heavy (non-hydrogen) atoms. The summed E-state index contributed by atoms with van der Waals surface area (Å²) in [6, 6.07) is 10.2. The molecule has 9 nitrogen and oxygen atoms in total. The Morgan fingerprint density at radius 1 is 1.07 bits per heavy atom. The van der Waals surface area contributed by atoms with E-state index in [9.17, 15) is 19.2 Å². The lowest BCUT2D eigenvalue weighted by atomic mass is 9.99. The summed E-state index contributed by atoms with van der Waals surface area (Å²) in [6.07, 6.45) is 8.83. The monoisotopic (exact) mass is 580 g/mol. The Bertz CT molecular complexity index is 1190. The van der Waals surface area contributed by atoms with E-state index in [0.717, 1.165) is 47.2 Å². The average molecular weight is 581 g/mol. The van der Waals surface area contributed by atoms with Gasteiger partial charge in [0.25, 0.3) is 5.91 Å². The number of unbranched alkanes of at least 4 members (excludes halogenated alkanes) is 2. The maximum Gasteiger partial charge on any atom is 0.303 e. The molecule has 0 fully saturated rings. The molecule has 230 valence electrons. The molecular formula is C33H48N4O5. The number of carboxylic acids is 1. The number of ketones is 1. The zero-order valence-electron chi connectivity index (χ0n) is 25.7. The number of anilines is 1. The number of aldehydes is 1.